The fourth-order valence-electron chi connectivity index (χ4n) is 4.32. The van der Waals surface area contributed by atoms with Gasteiger partial charge >= 0.3 is 0 Å². The van der Waals surface area contributed by atoms with Crippen molar-refractivity contribution in [2.45, 2.75) is 51.0 Å². The number of hydrogen-bond acceptors (Lipinski definition) is 5. The molecule has 0 N–H and O–H groups in total. The summed E-state index contributed by atoms with van der Waals surface area (Å²) in [5.74, 6) is 0.982. The Kier molecular flexibility index (Phi) is 7.80. The fourth-order valence-corrected chi connectivity index (χ4v) is 5.65. The summed E-state index contributed by atoms with van der Waals surface area (Å²) in [5.41, 5.74) is 2.89. The fraction of sp³-hybridized carbons (Fsp3) is 0.310. The molecule has 3 aromatic carbocycles. The van der Waals surface area contributed by atoms with Crippen LogP contribution in [0.15, 0.2) is 76.4 Å². The van der Waals surface area contributed by atoms with Gasteiger partial charge in [0.15, 0.2) is 0 Å². The maximum atomic E-state index is 13.8. The molecule has 0 fully saturated rings. The molecule has 7 nitrogen and oxygen atoms in total. The quantitative estimate of drug-likeness (QED) is 0.295. The molecule has 1 heterocycles. The lowest BCUT2D eigenvalue weighted by molar-refractivity contribution is 0.379. The van der Waals surface area contributed by atoms with Crippen LogP contribution in [0.3, 0.4) is 0 Å². The Morgan fingerprint density at radius 3 is 2.32 bits per heavy atom. The van der Waals surface area contributed by atoms with Crippen molar-refractivity contribution < 1.29 is 13.2 Å². The van der Waals surface area contributed by atoms with Gasteiger partial charge in [0.2, 0.25) is 10.0 Å². The van der Waals surface area contributed by atoms with Gasteiger partial charge in [0.1, 0.15) is 11.6 Å². The molecule has 0 amide bonds. The topological polar surface area (TPSA) is 81.5 Å². The number of nitrogens with zero attached hydrogens (tertiary/aromatic N) is 3. The molecule has 1 unspecified atom stereocenters. The predicted octanol–water partition coefficient (Wildman–Crippen LogP) is 5.43. The van der Waals surface area contributed by atoms with E-state index in [1.807, 2.05) is 25.1 Å². The molecule has 194 valence electrons. The second-order valence-electron chi connectivity index (χ2n) is 9.27. The highest BCUT2D eigenvalue weighted by molar-refractivity contribution is 7.89. The second-order valence-corrected chi connectivity index (χ2v) is 11.3. The molecule has 37 heavy (non-hydrogen) atoms. The number of aryl methyl sites for hydroxylation is 2. The molecule has 0 radical (unpaired) electrons. The predicted molar refractivity (Wildman–Crippen MR) is 147 cm³/mol. The van der Waals surface area contributed by atoms with E-state index in [1.54, 1.807) is 62.6 Å². The van der Waals surface area contributed by atoms with Crippen molar-refractivity contribution in [3.8, 4) is 11.4 Å². The highest BCUT2D eigenvalue weighted by Crippen LogP contribution is 2.28. The number of ether oxygens (including phenoxy) is 1. The van der Waals surface area contributed by atoms with E-state index in [4.69, 9.17) is 9.72 Å². The average Bonchev–Trinajstić information content (AvgIpc) is 2.91. The smallest absolute Gasteiger partial charge is 0.266 e. The van der Waals surface area contributed by atoms with Gasteiger partial charge in [0, 0.05) is 7.05 Å². The number of methoxy groups -OCH3 is 1. The number of hydrogen-bond donors (Lipinski definition) is 0. The lowest BCUT2D eigenvalue weighted by Gasteiger charge is -2.26. The van der Waals surface area contributed by atoms with Gasteiger partial charge in [-0.25, -0.2) is 13.4 Å². The van der Waals surface area contributed by atoms with Crippen molar-refractivity contribution in [3.05, 3.63) is 94.0 Å². The van der Waals surface area contributed by atoms with Crippen molar-refractivity contribution in [2.75, 3.05) is 14.2 Å². The minimum atomic E-state index is -3.85. The first-order valence-corrected chi connectivity index (χ1v) is 13.9. The number of benzene rings is 3. The number of aromatic nitrogens is 2. The Balaban J connectivity index is 1.81. The molecular formula is C29H33N3O4S. The molecule has 1 atom stereocenters. The molecule has 8 heteroatoms. The lowest BCUT2D eigenvalue weighted by Crippen LogP contribution is -2.35. The van der Waals surface area contributed by atoms with Gasteiger partial charge in [-0.05, 0) is 80.8 Å². The van der Waals surface area contributed by atoms with Crippen LogP contribution in [0, 0.1) is 6.92 Å². The Bertz CT molecular complexity index is 1560. The first-order valence-electron chi connectivity index (χ1n) is 12.4. The maximum Gasteiger partial charge on any atom is 0.266 e. The van der Waals surface area contributed by atoms with Crippen molar-refractivity contribution in [3.63, 3.8) is 0 Å². The van der Waals surface area contributed by atoms with Gasteiger partial charge in [0.05, 0.1) is 34.6 Å². The van der Waals surface area contributed by atoms with Crippen molar-refractivity contribution in [2.24, 2.45) is 0 Å². The summed E-state index contributed by atoms with van der Waals surface area (Å²) in [7, 11) is -0.751. The summed E-state index contributed by atoms with van der Waals surface area (Å²) >= 11 is 0. The molecule has 0 aliphatic rings. The van der Waals surface area contributed by atoms with Crippen LogP contribution in [-0.2, 0) is 16.4 Å². The Morgan fingerprint density at radius 2 is 1.70 bits per heavy atom. The van der Waals surface area contributed by atoms with Gasteiger partial charge in [-0.2, -0.15) is 4.31 Å². The summed E-state index contributed by atoms with van der Waals surface area (Å²) in [6.07, 6.45) is 3.05. The molecule has 0 saturated carbocycles. The van der Waals surface area contributed by atoms with E-state index < -0.39 is 16.1 Å². The van der Waals surface area contributed by atoms with E-state index in [9.17, 15) is 13.2 Å². The van der Waals surface area contributed by atoms with Gasteiger partial charge < -0.3 is 4.74 Å². The van der Waals surface area contributed by atoms with Gasteiger partial charge in [-0.3, -0.25) is 9.36 Å². The van der Waals surface area contributed by atoms with Crippen LogP contribution in [0.5, 0.6) is 5.75 Å². The van der Waals surface area contributed by atoms with E-state index in [0.29, 0.717) is 28.2 Å². The standard InChI is InChI=1S/C29H33N3O4S/c1-6-7-8-22-10-16-25(17-11-22)37(34,35)31(4)21(3)28-30-27-18-9-20(2)19-26(27)29(33)32(28)23-12-14-24(36-5)15-13-23/h9-19,21H,6-8H2,1-5H3. The maximum absolute atomic E-state index is 13.8. The number of unbranched alkanes of at least 4 members (excludes halogenated alkanes) is 1. The molecule has 0 bridgehead atoms. The van der Waals surface area contributed by atoms with Crippen LogP contribution < -0.4 is 10.3 Å². The molecule has 1 aromatic heterocycles. The first kappa shape index (κ1) is 26.6. The van der Waals surface area contributed by atoms with E-state index in [0.717, 1.165) is 30.4 Å². The summed E-state index contributed by atoms with van der Waals surface area (Å²) in [6, 6.07) is 18.8. The van der Waals surface area contributed by atoms with Gasteiger partial charge in [-0.1, -0.05) is 37.1 Å². The minimum absolute atomic E-state index is 0.205. The van der Waals surface area contributed by atoms with Crippen molar-refractivity contribution in [1.29, 1.82) is 0 Å². The third-order valence-electron chi connectivity index (χ3n) is 6.72. The zero-order valence-corrected chi connectivity index (χ0v) is 22.7. The highest BCUT2D eigenvalue weighted by Gasteiger charge is 2.30. The lowest BCUT2D eigenvalue weighted by atomic mass is 10.1. The summed E-state index contributed by atoms with van der Waals surface area (Å²) in [5, 5.41) is 0.472. The Hall–Kier alpha value is -3.49. The van der Waals surface area contributed by atoms with Gasteiger partial charge in [-0.15, -0.1) is 0 Å². The second kappa shape index (κ2) is 10.9. The Morgan fingerprint density at radius 1 is 1.03 bits per heavy atom. The molecule has 0 aliphatic heterocycles. The van der Waals surface area contributed by atoms with Crippen LogP contribution in [0.1, 0.15) is 49.7 Å². The third kappa shape index (κ3) is 5.31. The van der Waals surface area contributed by atoms with Gasteiger partial charge in [0.25, 0.3) is 5.56 Å². The SMILES string of the molecule is CCCCc1ccc(S(=O)(=O)N(C)C(C)c2nc3ccc(C)cc3c(=O)n2-c2ccc(OC)cc2)cc1. The molecule has 4 aromatic rings. The first-order chi connectivity index (χ1) is 17.7. The average molecular weight is 520 g/mol. The molecule has 0 aliphatic carbocycles. The van der Waals surface area contributed by atoms with Crippen molar-refractivity contribution in [1.82, 2.24) is 13.9 Å². The molecule has 0 spiro atoms. The van der Waals surface area contributed by atoms with Crippen LogP contribution in [0.25, 0.3) is 16.6 Å². The molecule has 0 saturated heterocycles. The monoisotopic (exact) mass is 519 g/mol. The number of sulfonamides is 1. The number of fused-ring (bicyclic) bond motifs is 1. The minimum Gasteiger partial charge on any atom is -0.497 e. The van der Waals surface area contributed by atoms with E-state index in [-0.39, 0.29) is 10.5 Å². The van der Waals surface area contributed by atoms with Crippen molar-refractivity contribution >= 4 is 20.9 Å². The van der Waals surface area contributed by atoms with Crippen LogP contribution >= 0.6 is 0 Å². The molecule has 4 rings (SSSR count). The highest BCUT2D eigenvalue weighted by atomic mass is 32.2. The van der Waals surface area contributed by atoms with E-state index >= 15 is 0 Å². The Labute approximate surface area is 218 Å². The number of rotatable bonds is 9. The molecular weight excluding hydrogens is 486 g/mol. The van der Waals surface area contributed by atoms with E-state index in [1.165, 1.54) is 15.9 Å². The normalized spacial score (nSPS) is 12.7. The zero-order valence-electron chi connectivity index (χ0n) is 21.9. The van der Waals surface area contributed by atoms with E-state index in [2.05, 4.69) is 6.92 Å². The summed E-state index contributed by atoms with van der Waals surface area (Å²) in [6.45, 7) is 5.79. The van der Waals surface area contributed by atoms with Crippen LogP contribution in [0.4, 0.5) is 0 Å². The summed E-state index contributed by atoms with van der Waals surface area (Å²) < 4.78 is 35.2. The van der Waals surface area contributed by atoms with Crippen LogP contribution in [-0.4, -0.2) is 36.4 Å². The summed E-state index contributed by atoms with van der Waals surface area (Å²) in [4.78, 5) is 18.8. The largest absolute Gasteiger partial charge is 0.497 e. The van der Waals surface area contributed by atoms with Crippen LogP contribution in [0.2, 0.25) is 0 Å². The third-order valence-corrected chi connectivity index (χ3v) is 8.66. The zero-order chi connectivity index (χ0) is 26.7.